The minimum atomic E-state index is 0. The molecule has 1 fully saturated rings. The number of imidazole rings is 1. The molecule has 0 amide bonds. The smallest absolute Gasteiger partial charge is 0.231 e. The van der Waals surface area contributed by atoms with Gasteiger partial charge in [-0.15, -0.1) is 5.10 Å². The first-order chi connectivity index (χ1) is 12.8. The van der Waals surface area contributed by atoms with Gasteiger partial charge in [0.05, 0.1) is 11.9 Å². The Balaban J connectivity index is 0.00000140. The fourth-order valence-electron chi connectivity index (χ4n) is 3.30. The van der Waals surface area contributed by atoms with Gasteiger partial charge in [0.1, 0.15) is 6.61 Å². The molecule has 2 aromatic heterocycles. The summed E-state index contributed by atoms with van der Waals surface area (Å²) in [5.74, 6) is 0.693. The van der Waals surface area contributed by atoms with Gasteiger partial charge in [0.15, 0.2) is 11.4 Å². The van der Waals surface area contributed by atoms with Gasteiger partial charge in [-0.3, -0.25) is 19.3 Å². The number of piperidine rings is 1. The van der Waals surface area contributed by atoms with E-state index in [0.29, 0.717) is 18.1 Å². The lowest BCUT2D eigenvalue weighted by Crippen LogP contribution is -2.33. The Morgan fingerprint density at radius 3 is 2.64 bits per heavy atom. The van der Waals surface area contributed by atoms with Gasteiger partial charge in [-0.1, -0.05) is 18.6 Å². The van der Waals surface area contributed by atoms with Crippen molar-refractivity contribution in [2.24, 2.45) is 0 Å². The SMILES string of the molecule is F.F.FOc1cccc(-c2cnc3ccc(OCCN4CCCCC4)nn23)c1. The van der Waals surface area contributed by atoms with Crippen molar-refractivity contribution in [1.82, 2.24) is 19.5 Å². The second-order valence-electron chi connectivity index (χ2n) is 6.44. The topological polar surface area (TPSA) is 51.9 Å². The maximum absolute atomic E-state index is 12.5. The Morgan fingerprint density at radius 1 is 1.04 bits per heavy atom. The van der Waals surface area contributed by atoms with Crippen molar-refractivity contribution in [3.8, 4) is 22.9 Å². The summed E-state index contributed by atoms with van der Waals surface area (Å²) in [7, 11) is 0. The summed E-state index contributed by atoms with van der Waals surface area (Å²) in [5.41, 5.74) is 2.22. The average Bonchev–Trinajstić information content (AvgIpc) is 3.12. The van der Waals surface area contributed by atoms with E-state index in [0.717, 1.165) is 30.9 Å². The summed E-state index contributed by atoms with van der Waals surface area (Å²) in [6.07, 6.45) is 5.57. The normalized spacial score (nSPS) is 14.2. The van der Waals surface area contributed by atoms with Crippen LogP contribution in [0.25, 0.3) is 16.9 Å². The van der Waals surface area contributed by atoms with Gasteiger partial charge in [0.25, 0.3) is 0 Å². The number of benzene rings is 1. The molecule has 9 heteroatoms. The quantitative estimate of drug-likeness (QED) is 0.634. The van der Waals surface area contributed by atoms with Gasteiger partial charge >= 0.3 is 0 Å². The molecule has 1 aliphatic heterocycles. The predicted molar refractivity (Wildman–Crippen MR) is 101 cm³/mol. The van der Waals surface area contributed by atoms with Crippen molar-refractivity contribution in [3.05, 3.63) is 42.6 Å². The van der Waals surface area contributed by atoms with E-state index in [9.17, 15) is 4.53 Å². The summed E-state index contributed by atoms with van der Waals surface area (Å²) >= 11 is 0. The third-order valence-electron chi connectivity index (χ3n) is 4.66. The fraction of sp³-hybridized carbons (Fsp3) is 0.368. The van der Waals surface area contributed by atoms with E-state index >= 15 is 0 Å². The van der Waals surface area contributed by atoms with Gasteiger partial charge in [-0.25, -0.2) is 9.50 Å². The molecule has 0 atom stereocenters. The number of likely N-dealkylation sites (tertiary alicyclic amines) is 1. The molecule has 1 saturated heterocycles. The fourth-order valence-corrected chi connectivity index (χ4v) is 3.30. The van der Waals surface area contributed by atoms with E-state index in [1.165, 1.54) is 19.3 Å². The van der Waals surface area contributed by atoms with Crippen LogP contribution in [0.15, 0.2) is 42.6 Å². The Kier molecular flexibility index (Phi) is 7.62. The molecule has 3 aromatic rings. The molecule has 0 spiro atoms. The monoisotopic (exact) mass is 396 g/mol. The zero-order valence-corrected chi connectivity index (χ0v) is 15.3. The third kappa shape index (κ3) is 4.72. The van der Waals surface area contributed by atoms with Crippen molar-refractivity contribution in [2.75, 3.05) is 26.2 Å². The Hall–Kier alpha value is -2.81. The molecule has 0 bridgehead atoms. The van der Waals surface area contributed by atoms with Crippen LogP contribution >= 0.6 is 0 Å². The molecule has 1 aromatic carbocycles. The Labute approximate surface area is 160 Å². The number of fused-ring (bicyclic) bond motifs is 1. The number of ether oxygens (including phenoxy) is 1. The lowest BCUT2D eigenvalue weighted by Gasteiger charge is -2.25. The zero-order chi connectivity index (χ0) is 17.8. The molecule has 4 rings (SSSR count). The van der Waals surface area contributed by atoms with Crippen LogP contribution in [-0.4, -0.2) is 45.7 Å². The van der Waals surface area contributed by atoms with Crippen molar-refractivity contribution in [3.63, 3.8) is 0 Å². The van der Waals surface area contributed by atoms with E-state index in [2.05, 4.69) is 19.9 Å². The number of halogens is 3. The van der Waals surface area contributed by atoms with Crippen molar-refractivity contribution in [2.45, 2.75) is 19.3 Å². The molecule has 1 aliphatic rings. The van der Waals surface area contributed by atoms with Crippen LogP contribution in [0.1, 0.15) is 19.3 Å². The lowest BCUT2D eigenvalue weighted by molar-refractivity contribution is -0.00614. The van der Waals surface area contributed by atoms with Gasteiger partial charge in [0.2, 0.25) is 5.88 Å². The summed E-state index contributed by atoms with van der Waals surface area (Å²) < 4.78 is 20.0. The van der Waals surface area contributed by atoms with Crippen molar-refractivity contribution >= 4 is 5.65 Å². The molecule has 0 N–H and O–H groups in total. The predicted octanol–water partition coefficient (Wildman–Crippen LogP) is 3.83. The molecule has 0 unspecified atom stereocenters. The molecule has 152 valence electrons. The summed E-state index contributed by atoms with van der Waals surface area (Å²) in [6, 6.07) is 10.4. The highest BCUT2D eigenvalue weighted by Crippen LogP contribution is 2.25. The molecule has 0 aliphatic carbocycles. The highest BCUT2D eigenvalue weighted by atomic mass is 19.3. The van der Waals surface area contributed by atoms with E-state index in [1.54, 1.807) is 28.9 Å². The minimum absolute atomic E-state index is 0. The van der Waals surface area contributed by atoms with Crippen LogP contribution in [0.2, 0.25) is 0 Å². The van der Waals surface area contributed by atoms with Crippen LogP contribution in [-0.2, 0) is 0 Å². The Bertz CT molecular complexity index is 884. The second kappa shape index (κ2) is 9.93. The number of aromatic nitrogens is 3. The van der Waals surface area contributed by atoms with E-state index < -0.39 is 0 Å². The van der Waals surface area contributed by atoms with Crippen LogP contribution in [0.5, 0.6) is 11.6 Å². The maximum Gasteiger partial charge on any atom is 0.231 e. The molecule has 28 heavy (non-hydrogen) atoms. The second-order valence-corrected chi connectivity index (χ2v) is 6.44. The third-order valence-corrected chi connectivity index (χ3v) is 4.66. The first-order valence-corrected chi connectivity index (χ1v) is 8.92. The largest absolute Gasteiger partial charge is 0.475 e. The average molecular weight is 396 g/mol. The summed E-state index contributed by atoms with van der Waals surface area (Å²) in [5, 5.41) is 4.53. The zero-order valence-electron chi connectivity index (χ0n) is 15.3. The van der Waals surface area contributed by atoms with Crippen molar-refractivity contribution in [1.29, 1.82) is 0 Å². The highest BCUT2D eigenvalue weighted by Gasteiger charge is 2.12. The first-order valence-electron chi connectivity index (χ1n) is 8.92. The molecule has 3 heterocycles. The summed E-state index contributed by atoms with van der Waals surface area (Å²) in [4.78, 5) is 10.6. The minimum Gasteiger partial charge on any atom is -0.475 e. The molecule has 0 radical (unpaired) electrons. The van der Waals surface area contributed by atoms with E-state index in [4.69, 9.17) is 4.74 Å². The van der Waals surface area contributed by atoms with E-state index in [-0.39, 0.29) is 15.2 Å². The number of hydrogen-bond donors (Lipinski definition) is 0. The van der Waals surface area contributed by atoms with Gasteiger partial charge in [0, 0.05) is 22.7 Å². The number of hydrogen-bond acceptors (Lipinski definition) is 5. The van der Waals surface area contributed by atoms with Crippen LogP contribution in [0.4, 0.5) is 13.9 Å². The molecular weight excluding hydrogens is 373 g/mol. The van der Waals surface area contributed by atoms with Crippen LogP contribution < -0.4 is 9.68 Å². The highest BCUT2D eigenvalue weighted by molar-refractivity contribution is 5.64. The number of nitrogens with zero attached hydrogens (tertiary/aromatic N) is 4. The molecule has 0 saturated carbocycles. The lowest BCUT2D eigenvalue weighted by atomic mass is 10.1. The maximum atomic E-state index is 12.5. The van der Waals surface area contributed by atoms with E-state index in [1.807, 2.05) is 18.2 Å². The van der Waals surface area contributed by atoms with Gasteiger partial charge in [-0.2, -0.15) is 0 Å². The van der Waals surface area contributed by atoms with Crippen molar-refractivity contribution < 1.29 is 23.6 Å². The summed E-state index contributed by atoms with van der Waals surface area (Å²) in [6.45, 7) is 3.81. The van der Waals surface area contributed by atoms with Gasteiger partial charge < -0.3 is 4.74 Å². The first kappa shape index (κ1) is 21.5. The number of rotatable bonds is 6. The van der Waals surface area contributed by atoms with Gasteiger partial charge in [-0.05, 0) is 44.1 Å². The Morgan fingerprint density at radius 2 is 1.86 bits per heavy atom. The van der Waals surface area contributed by atoms with Crippen LogP contribution in [0, 0.1) is 0 Å². The standard InChI is InChI=1S/C19H21FN4O2.2FH/c20-26-16-6-4-5-15(13-16)17-14-21-18-7-8-19(22-24(17)18)25-12-11-23-9-2-1-3-10-23;;/h4-8,13-14H,1-3,9-12H2;2*1H. The van der Waals surface area contributed by atoms with Crippen LogP contribution in [0.3, 0.4) is 0 Å². The molecule has 6 nitrogen and oxygen atoms in total. The molecular formula is C19H23F3N4O2.